The van der Waals surface area contributed by atoms with Crippen molar-refractivity contribution in [2.24, 2.45) is 5.92 Å². The van der Waals surface area contributed by atoms with Crippen LogP contribution in [0, 0.1) is 5.92 Å². The van der Waals surface area contributed by atoms with Gasteiger partial charge >= 0.3 is 0 Å². The number of amides is 4. The lowest BCUT2D eigenvalue weighted by Gasteiger charge is -2.27. The van der Waals surface area contributed by atoms with Crippen molar-refractivity contribution in [3.05, 3.63) is 64.7 Å². The molecule has 2 saturated heterocycles. The fourth-order valence-corrected chi connectivity index (χ4v) is 5.03. The molecule has 2 aromatic carbocycles. The van der Waals surface area contributed by atoms with Gasteiger partial charge in [0.15, 0.2) is 0 Å². The number of carbonyl (C=O) groups is 4. The van der Waals surface area contributed by atoms with E-state index < -0.39 is 23.8 Å². The quantitative estimate of drug-likeness (QED) is 0.607. The van der Waals surface area contributed by atoms with Gasteiger partial charge in [0.1, 0.15) is 6.04 Å². The predicted molar refractivity (Wildman–Crippen MR) is 122 cm³/mol. The highest BCUT2D eigenvalue weighted by Crippen LogP contribution is 2.31. The molecule has 0 saturated carbocycles. The zero-order valence-electron chi connectivity index (χ0n) is 18.4. The lowest BCUT2D eigenvalue weighted by Crippen LogP contribution is -2.54. The molecule has 0 spiro atoms. The summed E-state index contributed by atoms with van der Waals surface area (Å²) in [6.07, 6.45) is 0.245. The van der Waals surface area contributed by atoms with Crippen LogP contribution in [0.4, 0.5) is 5.69 Å². The number of rotatable bonds is 5. The van der Waals surface area contributed by atoms with Gasteiger partial charge in [0.05, 0.1) is 11.1 Å². The van der Waals surface area contributed by atoms with Gasteiger partial charge in [-0.3, -0.25) is 29.4 Å². The summed E-state index contributed by atoms with van der Waals surface area (Å²) in [5, 5.41) is 8.99. The monoisotopic (exact) mass is 446 g/mol. The maximum Gasteiger partial charge on any atom is 0.262 e. The summed E-state index contributed by atoms with van der Waals surface area (Å²) >= 11 is 0. The van der Waals surface area contributed by atoms with Crippen molar-refractivity contribution in [2.45, 2.75) is 38.3 Å². The first-order valence-electron chi connectivity index (χ1n) is 11.3. The van der Waals surface area contributed by atoms with E-state index >= 15 is 0 Å². The van der Waals surface area contributed by atoms with Crippen molar-refractivity contribution in [1.82, 2.24) is 15.5 Å². The van der Waals surface area contributed by atoms with Crippen molar-refractivity contribution in [3.8, 4) is 0 Å². The zero-order valence-corrected chi connectivity index (χ0v) is 18.4. The lowest BCUT2D eigenvalue weighted by molar-refractivity contribution is -0.136. The number of nitrogens with one attached hydrogen (secondary N) is 3. The van der Waals surface area contributed by atoms with Gasteiger partial charge in [-0.25, -0.2) is 0 Å². The fraction of sp³-hybridized carbons (Fsp3) is 0.360. The van der Waals surface area contributed by atoms with E-state index in [0.717, 1.165) is 23.7 Å². The van der Waals surface area contributed by atoms with Crippen LogP contribution < -0.4 is 16.0 Å². The van der Waals surface area contributed by atoms with Crippen LogP contribution in [0.25, 0.3) is 0 Å². The van der Waals surface area contributed by atoms with E-state index in [2.05, 4.69) is 35.0 Å². The van der Waals surface area contributed by atoms with E-state index in [9.17, 15) is 19.2 Å². The van der Waals surface area contributed by atoms with Gasteiger partial charge < -0.3 is 10.6 Å². The van der Waals surface area contributed by atoms with E-state index in [4.69, 9.17) is 0 Å². The molecule has 33 heavy (non-hydrogen) atoms. The molecule has 3 aliphatic rings. The highest BCUT2D eigenvalue weighted by atomic mass is 16.2. The van der Waals surface area contributed by atoms with Crippen LogP contribution in [0.1, 0.15) is 57.5 Å². The molecule has 0 aromatic heterocycles. The Hall–Kier alpha value is -3.52. The molecule has 3 N–H and O–H groups in total. The number of fused-ring (bicyclic) bond motifs is 1. The van der Waals surface area contributed by atoms with Gasteiger partial charge in [0.25, 0.3) is 11.8 Å². The van der Waals surface area contributed by atoms with Crippen molar-refractivity contribution in [3.63, 3.8) is 0 Å². The molecule has 8 heteroatoms. The first-order valence-corrected chi connectivity index (χ1v) is 11.3. The molecular weight excluding hydrogens is 420 g/mol. The Morgan fingerprint density at radius 2 is 1.79 bits per heavy atom. The molecule has 0 bridgehead atoms. The van der Waals surface area contributed by atoms with Crippen LogP contribution in [0.3, 0.4) is 0 Å². The Labute approximate surface area is 191 Å². The highest BCUT2D eigenvalue weighted by Gasteiger charge is 2.45. The average Bonchev–Trinajstić information content (AvgIpc) is 3.34. The smallest absolute Gasteiger partial charge is 0.262 e. The molecule has 2 fully saturated rings. The Morgan fingerprint density at radius 3 is 2.48 bits per heavy atom. The molecule has 170 valence electrons. The van der Waals surface area contributed by atoms with Crippen molar-refractivity contribution in [1.29, 1.82) is 0 Å². The number of hydrogen-bond acceptors (Lipinski definition) is 6. The third-order valence-corrected chi connectivity index (χ3v) is 6.89. The van der Waals surface area contributed by atoms with E-state index in [-0.39, 0.29) is 18.7 Å². The fourth-order valence-electron chi connectivity index (χ4n) is 5.03. The maximum absolute atomic E-state index is 13.2. The van der Waals surface area contributed by atoms with Crippen LogP contribution in [0.2, 0.25) is 0 Å². The topological polar surface area (TPSA) is 108 Å². The van der Waals surface area contributed by atoms with Crippen molar-refractivity contribution < 1.29 is 19.2 Å². The van der Waals surface area contributed by atoms with Gasteiger partial charge in [0, 0.05) is 31.1 Å². The van der Waals surface area contributed by atoms with Gasteiger partial charge in [-0.1, -0.05) is 31.2 Å². The van der Waals surface area contributed by atoms with Crippen molar-refractivity contribution >= 4 is 29.3 Å². The first kappa shape index (κ1) is 21.3. The molecule has 3 heterocycles. The second-order valence-corrected chi connectivity index (χ2v) is 9.00. The van der Waals surface area contributed by atoms with Crippen molar-refractivity contribution in [2.75, 3.05) is 18.4 Å². The molecular formula is C25H26N4O4. The Balaban J connectivity index is 1.32. The number of carbonyl (C=O) groups excluding carboxylic acids is 4. The third kappa shape index (κ3) is 3.80. The standard InChI is InChI=1S/C25H26N4O4/c1-14-11-26-13-19(14)15-5-7-17(8-6-15)27-12-16-3-2-4-18-22(16)25(33)29(24(18)32)20-9-10-21(30)28-23(20)31/h2-8,14,19-20,26-27H,9-13H2,1H3,(H,28,30,31)/t14-,19-,20?/m1/s1. The minimum atomic E-state index is -0.962. The van der Waals surface area contributed by atoms with Crippen LogP contribution in [-0.2, 0) is 16.1 Å². The summed E-state index contributed by atoms with van der Waals surface area (Å²) in [7, 11) is 0. The Morgan fingerprint density at radius 1 is 1.00 bits per heavy atom. The number of imide groups is 2. The zero-order chi connectivity index (χ0) is 23.1. The van der Waals surface area contributed by atoms with Gasteiger partial charge in [0.2, 0.25) is 11.8 Å². The summed E-state index contributed by atoms with van der Waals surface area (Å²) in [6, 6.07) is 12.5. The third-order valence-electron chi connectivity index (χ3n) is 6.89. The molecule has 3 atom stereocenters. The minimum absolute atomic E-state index is 0.101. The van der Waals surface area contributed by atoms with Crippen LogP contribution >= 0.6 is 0 Å². The first-order chi connectivity index (χ1) is 15.9. The summed E-state index contributed by atoms with van der Waals surface area (Å²) in [5.74, 6) is -0.852. The number of anilines is 1. The van der Waals surface area contributed by atoms with E-state index in [0.29, 0.717) is 35.1 Å². The molecule has 4 amide bonds. The maximum atomic E-state index is 13.2. The minimum Gasteiger partial charge on any atom is -0.381 e. The van der Waals surface area contributed by atoms with Gasteiger partial charge in [-0.15, -0.1) is 0 Å². The summed E-state index contributed by atoms with van der Waals surface area (Å²) in [4.78, 5) is 50.9. The van der Waals surface area contributed by atoms with Crippen LogP contribution in [0.15, 0.2) is 42.5 Å². The van der Waals surface area contributed by atoms with E-state index in [1.165, 1.54) is 5.56 Å². The number of piperidine rings is 1. The van der Waals surface area contributed by atoms with Gasteiger partial charge in [-0.2, -0.15) is 0 Å². The molecule has 8 nitrogen and oxygen atoms in total. The molecule has 0 aliphatic carbocycles. The van der Waals surface area contributed by atoms with Gasteiger partial charge in [-0.05, 0) is 48.2 Å². The number of hydrogen-bond donors (Lipinski definition) is 3. The summed E-state index contributed by atoms with van der Waals surface area (Å²) in [6.45, 7) is 4.64. The summed E-state index contributed by atoms with van der Waals surface area (Å²) < 4.78 is 0. The second-order valence-electron chi connectivity index (χ2n) is 9.00. The second kappa shape index (κ2) is 8.44. The number of benzene rings is 2. The molecule has 1 unspecified atom stereocenters. The lowest BCUT2D eigenvalue weighted by atomic mass is 9.90. The predicted octanol–water partition coefficient (Wildman–Crippen LogP) is 2.02. The van der Waals surface area contributed by atoms with Crippen LogP contribution in [0.5, 0.6) is 0 Å². The van der Waals surface area contributed by atoms with Crippen LogP contribution in [-0.4, -0.2) is 47.7 Å². The normalized spacial score (nSPS) is 24.8. The molecule has 0 radical (unpaired) electrons. The Bertz CT molecular complexity index is 1140. The molecule has 3 aliphatic heterocycles. The van der Waals surface area contributed by atoms with E-state index in [1.807, 2.05) is 18.2 Å². The number of nitrogens with zero attached hydrogens (tertiary/aromatic N) is 1. The molecule has 5 rings (SSSR count). The largest absolute Gasteiger partial charge is 0.381 e. The van der Waals surface area contributed by atoms with E-state index in [1.54, 1.807) is 12.1 Å². The molecule has 2 aromatic rings. The highest BCUT2D eigenvalue weighted by molar-refractivity contribution is 6.24. The average molecular weight is 447 g/mol. The SMILES string of the molecule is C[C@@H]1CNC[C@H]1c1ccc(NCc2cccc3c2C(=O)N(C2CCC(=O)NC2=O)C3=O)cc1. The summed E-state index contributed by atoms with van der Waals surface area (Å²) in [5.41, 5.74) is 3.54. The Kier molecular flexibility index (Phi) is 5.46.